The van der Waals surface area contributed by atoms with Crippen molar-refractivity contribution in [2.75, 3.05) is 0 Å². The van der Waals surface area contributed by atoms with E-state index < -0.39 is 12.1 Å². The van der Waals surface area contributed by atoms with E-state index in [2.05, 4.69) is 0 Å². The lowest BCUT2D eigenvalue weighted by atomic mass is 10.1. The van der Waals surface area contributed by atoms with E-state index >= 15 is 0 Å². The van der Waals surface area contributed by atoms with Crippen molar-refractivity contribution >= 4 is 11.8 Å². The minimum absolute atomic E-state index is 0.159. The fraction of sp³-hybridized carbons (Fsp3) is 0.429. The van der Waals surface area contributed by atoms with Crippen LogP contribution in [0.2, 0.25) is 0 Å². The zero-order chi connectivity index (χ0) is 13.5. The van der Waals surface area contributed by atoms with Gasteiger partial charge in [0.1, 0.15) is 11.5 Å². The highest BCUT2D eigenvalue weighted by Gasteiger charge is 2.16. The summed E-state index contributed by atoms with van der Waals surface area (Å²) in [4.78, 5) is 21.7. The number of aliphatic carboxylic acids is 1. The van der Waals surface area contributed by atoms with Gasteiger partial charge in [-0.1, -0.05) is 19.1 Å². The highest BCUT2D eigenvalue weighted by molar-refractivity contribution is 5.75. The Balaban J connectivity index is 2.59. The number of Topliss-reactive ketones (excluding diaryl/α,β-unsaturated/α-hetero) is 1. The molecule has 1 unspecified atom stereocenters. The van der Waals surface area contributed by atoms with Gasteiger partial charge in [0.15, 0.2) is 6.10 Å². The third-order valence-corrected chi connectivity index (χ3v) is 2.61. The minimum Gasteiger partial charge on any atom is -0.479 e. The standard InChI is InChI=1S/C14H18O4/c1-3-13(14(16)17)18-12-8-6-11(7-9-12)5-4-10(2)15/h6-9,13H,3-5H2,1-2H3,(H,16,17). The molecule has 98 valence electrons. The molecule has 0 bridgehead atoms. The van der Waals surface area contributed by atoms with Crippen LogP contribution >= 0.6 is 0 Å². The van der Waals surface area contributed by atoms with E-state index in [1.54, 1.807) is 26.0 Å². The van der Waals surface area contributed by atoms with Gasteiger partial charge in [0.2, 0.25) is 0 Å². The second-order valence-corrected chi connectivity index (χ2v) is 4.20. The van der Waals surface area contributed by atoms with Crippen molar-refractivity contribution in [3.8, 4) is 5.75 Å². The van der Waals surface area contributed by atoms with Crippen LogP contribution in [0.15, 0.2) is 24.3 Å². The van der Waals surface area contributed by atoms with E-state index in [-0.39, 0.29) is 5.78 Å². The van der Waals surface area contributed by atoms with Crippen molar-refractivity contribution in [3.05, 3.63) is 29.8 Å². The lowest BCUT2D eigenvalue weighted by molar-refractivity contribution is -0.145. The summed E-state index contributed by atoms with van der Waals surface area (Å²) in [6.07, 6.45) is 0.827. The average Bonchev–Trinajstić information content (AvgIpc) is 2.34. The van der Waals surface area contributed by atoms with E-state index in [4.69, 9.17) is 9.84 Å². The number of hydrogen-bond acceptors (Lipinski definition) is 3. The molecule has 1 aromatic rings. The molecular formula is C14H18O4. The Labute approximate surface area is 107 Å². The first-order valence-corrected chi connectivity index (χ1v) is 6.00. The number of carboxylic acids is 1. The van der Waals surface area contributed by atoms with Crippen LogP contribution in [0.3, 0.4) is 0 Å². The summed E-state index contributed by atoms with van der Waals surface area (Å²) in [6.45, 7) is 3.33. The largest absolute Gasteiger partial charge is 0.479 e. The molecule has 0 heterocycles. The highest BCUT2D eigenvalue weighted by atomic mass is 16.5. The first kappa shape index (κ1) is 14.2. The van der Waals surface area contributed by atoms with Crippen molar-refractivity contribution in [2.24, 2.45) is 0 Å². The summed E-state index contributed by atoms with van der Waals surface area (Å²) in [5.41, 5.74) is 1.04. The number of carboxylic acid groups (broad SMARTS) is 1. The summed E-state index contributed by atoms with van der Waals surface area (Å²) >= 11 is 0. The fourth-order valence-corrected chi connectivity index (χ4v) is 1.53. The van der Waals surface area contributed by atoms with Crippen LogP contribution in [0.1, 0.15) is 32.3 Å². The predicted molar refractivity (Wildman–Crippen MR) is 67.8 cm³/mol. The van der Waals surface area contributed by atoms with Crippen LogP contribution in [0, 0.1) is 0 Å². The molecule has 18 heavy (non-hydrogen) atoms. The molecule has 0 saturated heterocycles. The van der Waals surface area contributed by atoms with Crippen molar-refractivity contribution in [2.45, 2.75) is 39.2 Å². The summed E-state index contributed by atoms with van der Waals surface area (Å²) in [7, 11) is 0. The molecule has 0 amide bonds. The molecule has 0 spiro atoms. The minimum atomic E-state index is -0.960. The topological polar surface area (TPSA) is 63.6 Å². The monoisotopic (exact) mass is 250 g/mol. The van der Waals surface area contributed by atoms with Gasteiger partial charge in [-0.15, -0.1) is 0 Å². The third-order valence-electron chi connectivity index (χ3n) is 2.61. The molecule has 1 rings (SSSR count). The first-order valence-electron chi connectivity index (χ1n) is 6.00. The Kier molecular flexibility index (Phi) is 5.36. The van der Waals surface area contributed by atoms with E-state index in [9.17, 15) is 9.59 Å². The van der Waals surface area contributed by atoms with Gasteiger partial charge in [-0.3, -0.25) is 0 Å². The van der Waals surface area contributed by atoms with Gasteiger partial charge in [-0.05, 0) is 37.5 Å². The molecular weight excluding hydrogens is 232 g/mol. The summed E-state index contributed by atoms with van der Waals surface area (Å²) < 4.78 is 5.34. The maximum absolute atomic E-state index is 10.9. The Bertz CT molecular complexity index is 408. The number of benzene rings is 1. The Morgan fingerprint density at radius 3 is 2.33 bits per heavy atom. The Hall–Kier alpha value is -1.84. The summed E-state index contributed by atoms with van der Waals surface area (Å²) in [6, 6.07) is 7.18. The molecule has 1 N–H and O–H groups in total. The fourth-order valence-electron chi connectivity index (χ4n) is 1.53. The van der Waals surface area contributed by atoms with Gasteiger partial charge in [0.05, 0.1) is 0 Å². The second kappa shape index (κ2) is 6.79. The first-order chi connectivity index (χ1) is 8.52. The molecule has 0 fully saturated rings. The third kappa shape index (κ3) is 4.57. The van der Waals surface area contributed by atoms with Crippen LogP contribution in [0.5, 0.6) is 5.75 Å². The number of aryl methyl sites for hydroxylation is 1. The molecule has 0 aromatic heterocycles. The number of hydrogen-bond donors (Lipinski definition) is 1. The van der Waals surface area contributed by atoms with E-state index in [1.165, 1.54) is 0 Å². The zero-order valence-corrected chi connectivity index (χ0v) is 10.7. The number of rotatable bonds is 7. The van der Waals surface area contributed by atoms with Gasteiger partial charge in [-0.2, -0.15) is 0 Å². The van der Waals surface area contributed by atoms with Gasteiger partial charge in [-0.25, -0.2) is 4.79 Å². The van der Waals surface area contributed by atoms with Gasteiger partial charge in [0, 0.05) is 6.42 Å². The van der Waals surface area contributed by atoms with Crippen LogP contribution in [0.4, 0.5) is 0 Å². The van der Waals surface area contributed by atoms with Crippen LogP contribution < -0.4 is 4.74 Å². The number of ether oxygens (including phenoxy) is 1. The Morgan fingerprint density at radius 1 is 1.28 bits per heavy atom. The lowest BCUT2D eigenvalue weighted by Crippen LogP contribution is -2.25. The quantitative estimate of drug-likeness (QED) is 0.807. The smallest absolute Gasteiger partial charge is 0.344 e. The van der Waals surface area contributed by atoms with Gasteiger partial charge >= 0.3 is 5.97 Å². The molecule has 4 heteroatoms. The van der Waals surface area contributed by atoms with E-state index in [0.717, 1.165) is 5.56 Å². The predicted octanol–water partition coefficient (Wildman–Crippen LogP) is 2.45. The molecule has 4 nitrogen and oxygen atoms in total. The molecule has 0 saturated carbocycles. The van der Waals surface area contributed by atoms with Crippen molar-refractivity contribution < 1.29 is 19.4 Å². The highest BCUT2D eigenvalue weighted by Crippen LogP contribution is 2.16. The maximum atomic E-state index is 10.9. The molecule has 1 aromatic carbocycles. The van der Waals surface area contributed by atoms with E-state index in [0.29, 0.717) is 25.0 Å². The summed E-state index contributed by atoms with van der Waals surface area (Å²) in [5, 5.41) is 8.87. The van der Waals surface area contributed by atoms with Crippen LogP contribution in [-0.2, 0) is 16.0 Å². The average molecular weight is 250 g/mol. The number of carbonyl (C=O) groups excluding carboxylic acids is 1. The normalized spacial score (nSPS) is 11.9. The number of carbonyl (C=O) groups is 2. The molecule has 0 radical (unpaired) electrons. The Morgan fingerprint density at radius 2 is 1.89 bits per heavy atom. The molecule has 0 aliphatic carbocycles. The van der Waals surface area contributed by atoms with E-state index in [1.807, 2.05) is 12.1 Å². The molecule has 0 aliphatic heterocycles. The van der Waals surface area contributed by atoms with Crippen molar-refractivity contribution in [1.82, 2.24) is 0 Å². The lowest BCUT2D eigenvalue weighted by Gasteiger charge is -2.13. The van der Waals surface area contributed by atoms with Gasteiger partial charge < -0.3 is 14.6 Å². The zero-order valence-electron chi connectivity index (χ0n) is 10.7. The molecule has 0 aliphatic rings. The van der Waals surface area contributed by atoms with Gasteiger partial charge in [0.25, 0.3) is 0 Å². The second-order valence-electron chi connectivity index (χ2n) is 4.20. The maximum Gasteiger partial charge on any atom is 0.344 e. The van der Waals surface area contributed by atoms with Crippen molar-refractivity contribution in [1.29, 1.82) is 0 Å². The molecule has 1 atom stereocenters. The van der Waals surface area contributed by atoms with Crippen LogP contribution in [0.25, 0.3) is 0 Å². The summed E-state index contributed by atoms with van der Waals surface area (Å²) in [5.74, 6) is -0.263. The SMILES string of the molecule is CCC(Oc1ccc(CCC(C)=O)cc1)C(=O)O. The number of ketones is 1. The van der Waals surface area contributed by atoms with Crippen molar-refractivity contribution in [3.63, 3.8) is 0 Å². The van der Waals surface area contributed by atoms with Crippen LogP contribution in [-0.4, -0.2) is 23.0 Å².